The van der Waals surface area contributed by atoms with Crippen LogP contribution in [-0.4, -0.2) is 219 Å². The molecule has 0 bridgehead atoms. The molecule has 15 atom stereocenters. The Morgan fingerprint density at radius 3 is 0.433 bits per heavy atom. The normalized spacial score (nSPS) is 15.3. The van der Waals surface area contributed by atoms with Crippen LogP contribution >= 0.6 is 0 Å². The molecule has 0 aliphatic carbocycles. The predicted molar refractivity (Wildman–Crippen MR) is 497 cm³/mol. The van der Waals surface area contributed by atoms with E-state index in [2.05, 4.69) is 74.4 Å². The van der Waals surface area contributed by atoms with Gasteiger partial charge in [0.15, 0.2) is 0 Å². The molecular weight excluding hydrogens is 1630 g/mol. The van der Waals surface area contributed by atoms with Gasteiger partial charge in [-0.2, -0.15) is 0 Å². The van der Waals surface area contributed by atoms with Crippen LogP contribution < -0.4 is 120 Å². The highest BCUT2D eigenvalue weighted by Crippen LogP contribution is 2.20. The van der Waals surface area contributed by atoms with Gasteiger partial charge in [-0.25, -0.2) is 0 Å². The summed E-state index contributed by atoms with van der Waals surface area (Å²) in [5, 5.41) is 39.5. The number of carbonyl (C=O) groups is 15. The highest BCUT2D eigenvalue weighted by Gasteiger charge is 2.40. The first-order valence-electron chi connectivity index (χ1n) is 47.2. The first-order valence-corrected chi connectivity index (χ1v) is 47.2. The third-order valence-corrected chi connectivity index (χ3v) is 21.3. The van der Waals surface area contributed by atoms with E-state index in [1.165, 1.54) is 0 Å². The number of carbonyl (C=O) groups excluding carboxylic acids is 15. The van der Waals surface area contributed by atoms with Crippen molar-refractivity contribution in [1.82, 2.24) is 74.4 Å². The van der Waals surface area contributed by atoms with E-state index >= 15 is 0 Å². The Hall–Kier alpha value is -8.23. The lowest BCUT2D eigenvalue weighted by Crippen LogP contribution is -2.61. The van der Waals surface area contributed by atoms with Crippen molar-refractivity contribution in [2.75, 3.05) is 39.3 Å². The number of rotatable bonds is 71. The molecule has 0 saturated carbocycles. The summed E-state index contributed by atoms with van der Waals surface area (Å²) >= 11 is 0. The van der Waals surface area contributed by atoms with Crippen LogP contribution in [0.5, 0.6) is 0 Å². The molecule has 37 heteroatoms. The van der Waals surface area contributed by atoms with Gasteiger partial charge in [0.25, 0.3) is 0 Å². The van der Waals surface area contributed by atoms with Gasteiger partial charge in [-0.3, -0.25) is 71.9 Å². The number of nitrogens with one attached hydrogen (secondary N) is 14. The maximum absolute atomic E-state index is 14.9. The molecule has 0 rings (SSSR count). The molecule has 0 aromatic carbocycles. The van der Waals surface area contributed by atoms with Crippen LogP contribution in [-0.2, 0) is 71.9 Å². The molecule has 0 saturated heterocycles. The third-order valence-electron chi connectivity index (χ3n) is 21.3. The molecule has 0 aliphatic rings. The van der Waals surface area contributed by atoms with E-state index in [0.29, 0.717) is 96.6 Å². The largest absolute Gasteiger partial charge is 0.368 e. The minimum absolute atomic E-state index is 0.0265. The maximum atomic E-state index is 14.9. The highest BCUT2D eigenvalue weighted by molar-refractivity contribution is 6.00. The van der Waals surface area contributed by atoms with Crippen LogP contribution in [0.3, 0.4) is 0 Å². The number of amides is 15. The van der Waals surface area contributed by atoms with Crippen molar-refractivity contribution in [1.29, 1.82) is 0 Å². The molecule has 37 nitrogen and oxygen atoms in total. The minimum atomic E-state index is -1.32. The topological polar surface area (TPSA) is 633 Å². The number of hydrogen-bond donors (Lipinski definition) is 22. The molecule has 0 aliphatic heterocycles. The van der Waals surface area contributed by atoms with Gasteiger partial charge in [-0.15, -0.1) is 0 Å². The molecule has 0 aromatic rings. The van der Waals surface area contributed by atoms with E-state index in [9.17, 15) is 71.9 Å². The molecule has 127 heavy (non-hydrogen) atoms. The molecule has 0 fully saturated rings. The first-order chi connectivity index (χ1) is 59.7. The van der Waals surface area contributed by atoms with Crippen LogP contribution in [0.15, 0.2) is 0 Å². The molecule has 0 heterocycles. The van der Waals surface area contributed by atoms with Crippen molar-refractivity contribution in [2.45, 2.75) is 389 Å². The Balaban J connectivity index is 7.42. The maximum Gasteiger partial charge on any atom is 0.243 e. The average Bonchev–Trinajstić information content (AvgIpc) is 0.854. The van der Waals surface area contributed by atoms with Crippen LogP contribution in [0.4, 0.5) is 0 Å². The van der Waals surface area contributed by atoms with Crippen molar-refractivity contribution < 1.29 is 71.9 Å². The summed E-state index contributed by atoms with van der Waals surface area (Å²) in [7, 11) is 0. The standard InChI is InChI=1S/C90H174N22O15/c1-52(2)43-67(104-77(114)61(97)31-19-25-37-91)86(123)109-69(45-54(5)6)84(121)102-65(35-23-29-41-95)80(117)106-73(49-58(13)14)88(125)110-70(46-55(7)8)83(120)101-63(33-21-27-39-93)78(115)100-64(34-22-28-40-94)79(116)105-72(48-57(11)12)87(124)111-71(47-56(9)10)85(122)103-66(36-24-30-42-96)81(118)107-74(50-59(15)16)89(126)112-75(51-60(17)18)90(127)108-68(44-53(3)4)82(119)99-62(76(98)113)32-20-26-38-92/h52-75H,19-51,91-97H2,1-18H3,(H2,98,113)(H,99,119)(H,100,115)(H,101,120)(H,102,121)(H,103,122)(H,104,114)(H,105,116)(H,106,117)(H,107,118)(H,108,127)(H,109,123)(H,110,125)(H,111,124)(H,112,126)/t61-,62-,63+,64+,65-,66-,67-,68-,69+,70-,71+,72-,73-,74-,75+/m0/s1. The number of primary amides is 1. The van der Waals surface area contributed by atoms with Gasteiger partial charge in [0.2, 0.25) is 88.6 Å². The van der Waals surface area contributed by atoms with Gasteiger partial charge in [-0.1, -0.05) is 131 Å². The number of unbranched alkanes of at least 4 members (excludes halogenated alkanes) is 6. The van der Waals surface area contributed by atoms with Crippen molar-refractivity contribution >= 4 is 88.6 Å². The summed E-state index contributed by atoms with van der Waals surface area (Å²) in [6.45, 7) is 35.1. The second-order valence-electron chi connectivity index (χ2n) is 38.2. The molecule has 0 radical (unpaired) electrons. The zero-order chi connectivity index (χ0) is 96.8. The molecule has 15 amide bonds. The van der Waals surface area contributed by atoms with Crippen molar-refractivity contribution in [3.8, 4) is 0 Å². The van der Waals surface area contributed by atoms with E-state index in [1.54, 1.807) is 0 Å². The Morgan fingerprint density at radius 2 is 0.291 bits per heavy atom. The zero-order valence-electron chi connectivity index (χ0n) is 80.4. The quantitative estimate of drug-likeness (QED) is 0.0386. The predicted octanol–water partition coefficient (Wildman–Crippen LogP) is 1.78. The Kier molecular flexibility index (Phi) is 61.9. The molecule has 30 N–H and O–H groups in total. The van der Waals surface area contributed by atoms with E-state index in [4.69, 9.17) is 45.9 Å². The van der Waals surface area contributed by atoms with Crippen molar-refractivity contribution in [3.63, 3.8) is 0 Å². The van der Waals surface area contributed by atoms with Gasteiger partial charge in [0.05, 0.1) is 6.04 Å². The fraction of sp³-hybridized carbons (Fsp3) is 0.833. The van der Waals surface area contributed by atoms with Gasteiger partial charge < -0.3 is 120 Å². The van der Waals surface area contributed by atoms with E-state index in [-0.39, 0.29) is 169 Å². The minimum Gasteiger partial charge on any atom is -0.368 e. The van der Waals surface area contributed by atoms with Gasteiger partial charge in [0, 0.05) is 0 Å². The van der Waals surface area contributed by atoms with Crippen LogP contribution in [0.1, 0.15) is 298 Å². The fourth-order valence-corrected chi connectivity index (χ4v) is 14.6. The van der Waals surface area contributed by atoms with Gasteiger partial charge in [-0.05, 0) is 259 Å². The van der Waals surface area contributed by atoms with Crippen LogP contribution in [0.25, 0.3) is 0 Å². The lowest BCUT2D eigenvalue weighted by molar-refractivity contribution is -0.137. The smallest absolute Gasteiger partial charge is 0.243 e. The monoisotopic (exact) mass is 1800 g/mol. The summed E-state index contributed by atoms with van der Waals surface area (Å²) in [6, 6.07) is -18.0. The molecule has 0 unspecified atom stereocenters. The number of nitrogens with two attached hydrogens (primary N) is 8. The Bertz CT molecular complexity index is 3280. The Labute approximate surface area is 758 Å². The second kappa shape index (κ2) is 66.2. The van der Waals surface area contributed by atoms with Gasteiger partial charge in [0.1, 0.15) is 84.6 Å². The lowest BCUT2D eigenvalue weighted by Gasteiger charge is -2.30. The molecular formula is C90H174N22O15. The Morgan fingerprint density at radius 1 is 0.173 bits per heavy atom. The highest BCUT2D eigenvalue weighted by atomic mass is 16.2. The van der Waals surface area contributed by atoms with Crippen molar-refractivity contribution in [2.24, 2.45) is 99.1 Å². The molecule has 0 spiro atoms. The fourth-order valence-electron chi connectivity index (χ4n) is 14.6. The summed E-state index contributed by atoms with van der Waals surface area (Å²) < 4.78 is 0. The first kappa shape index (κ1) is 119. The lowest BCUT2D eigenvalue weighted by atomic mass is 9.98. The summed E-state index contributed by atoms with van der Waals surface area (Å²) in [5.41, 5.74) is 46.9. The van der Waals surface area contributed by atoms with E-state index < -0.39 is 179 Å². The molecule has 734 valence electrons. The SMILES string of the molecule is CC(C)C[C@H](NC(=O)[C@H](CCCCN)NC(=O)[C@@H](CC(C)C)NC(=O)[C@H](CC(C)C)NC(=O)[C@@H](N)CCCCN)C(=O)N[C@@H](CC(C)C)C(=O)N[C@H](CCCCN)C(=O)N[C@H](CCCCN)C(=O)N[C@@H](CC(C)C)C(=O)N[C@H](CC(C)C)C(=O)N[C@@H](CCCCN)C(=O)N[C@@H](CC(C)C)C(=O)N[C@H](CC(C)C)C(=O)N[C@@H](CC(C)C)C(=O)N[C@@H](CCCCN)C(N)=O. The van der Waals surface area contributed by atoms with Crippen LogP contribution in [0.2, 0.25) is 0 Å². The van der Waals surface area contributed by atoms with Crippen molar-refractivity contribution in [3.05, 3.63) is 0 Å². The third kappa shape index (κ3) is 52.3. The van der Waals surface area contributed by atoms with Gasteiger partial charge >= 0.3 is 0 Å². The summed E-state index contributed by atoms with van der Waals surface area (Å²) in [6.07, 6.45) is 7.43. The van der Waals surface area contributed by atoms with Crippen LogP contribution in [0, 0.1) is 53.3 Å². The second-order valence-corrected chi connectivity index (χ2v) is 38.2. The average molecular weight is 1800 g/mol. The van der Waals surface area contributed by atoms with E-state index in [0.717, 1.165) is 0 Å². The zero-order valence-corrected chi connectivity index (χ0v) is 80.4. The van der Waals surface area contributed by atoms with E-state index in [1.807, 2.05) is 125 Å². The summed E-state index contributed by atoms with van der Waals surface area (Å²) in [5.74, 6) is -12.1. The number of hydrogen-bond acceptors (Lipinski definition) is 22. The summed E-state index contributed by atoms with van der Waals surface area (Å²) in [4.78, 5) is 216. The molecule has 0 aromatic heterocycles.